The molecule has 7 nitrogen and oxygen atoms in total. The Morgan fingerprint density at radius 3 is 2.80 bits per heavy atom. The first-order valence-corrected chi connectivity index (χ1v) is 8.65. The number of hydrogen-bond donors (Lipinski definition) is 3. The highest BCUT2D eigenvalue weighted by molar-refractivity contribution is 6.30. The van der Waals surface area contributed by atoms with Crippen molar-refractivity contribution in [3.05, 3.63) is 35.6 Å². The van der Waals surface area contributed by atoms with Crippen molar-refractivity contribution in [3.8, 4) is 0 Å². The van der Waals surface area contributed by atoms with Crippen molar-refractivity contribution < 1.29 is 5.11 Å². The fraction of sp³-hybridized carbons (Fsp3) is 0.353. The summed E-state index contributed by atoms with van der Waals surface area (Å²) in [5, 5.41) is 16.5. The van der Waals surface area contributed by atoms with Gasteiger partial charge in [-0.2, -0.15) is 9.97 Å². The van der Waals surface area contributed by atoms with Crippen LogP contribution in [0.3, 0.4) is 0 Å². The Hall–Kier alpha value is -2.38. The molecule has 3 rings (SSSR count). The molecule has 0 bridgehead atoms. The Bertz CT molecular complexity index is 861. The zero-order chi connectivity index (χ0) is 17.8. The molecule has 0 spiro atoms. The molecule has 3 N–H and O–H groups in total. The second kappa shape index (κ2) is 7.67. The fourth-order valence-electron chi connectivity index (χ4n) is 2.49. The molecule has 8 heteroatoms. The fourth-order valence-corrected chi connectivity index (χ4v) is 2.68. The lowest BCUT2D eigenvalue weighted by molar-refractivity contribution is 0.271. The van der Waals surface area contributed by atoms with Crippen LogP contribution < -0.4 is 10.6 Å². The molecule has 1 atom stereocenters. The molecule has 1 aromatic carbocycles. The number of aliphatic hydroxyl groups is 1. The summed E-state index contributed by atoms with van der Waals surface area (Å²) in [6, 6.07) is 7.31. The average molecular weight is 361 g/mol. The third kappa shape index (κ3) is 3.83. The highest BCUT2D eigenvalue weighted by Crippen LogP contribution is 2.26. The monoisotopic (exact) mass is 360 g/mol. The van der Waals surface area contributed by atoms with Crippen LogP contribution in [0.1, 0.15) is 20.3 Å². The summed E-state index contributed by atoms with van der Waals surface area (Å²) in [6.45, 7) is 4.79. The summed E-state index contributed by atoms with van der Waals surface area (Å²) >= 11 is 6.06. The Balaban J connectivity index is 2.04. The Morgan fingerprint density at radius 1 is 1.28 bits per heavy atom. The standard InChI is InChI=1S/C17H21ClN6O/c1-3-12(9-25)21-17-22-15(20-13-7-5-6-11(18)8-13)14-16(23-17)24(4-2)10-19-14/h5-8,10,12,25H,3-4,9H2,1-2H3,(H2,20,21,22,23)/t12-/m0/s1. The molecule has 132 valence electrons. The number of aryl methyl sites for hydroxylation is 1. The Morgan fingerprint density at radius 2 is 2.12 bits per heavy atom. The molecule has 2 aromatic heterocycles. The molecular formula is C17H21ClN6O. The number of anilines is 3. The third-order valence-electron chi connectivity index (χ3n) is 3.94. The molecule has 3 aromatic rings. The Kier molecular flexibility index (Phi) is 5.35. The number of fused-ring (bicyclic) bond motifs is 1. The first-order valence-electron chi connectivity index (χ1n) is 8.27. The van der Waals surface area contributed by atoms with Gasteiger partial charge < -0.3 is 20.3 Å². The molecule has 25 heavy (non-hydrogen) atoms. The van der Waals surface area contributed by atoms with Crippen LogP contribution in [0.15, 0.2) is 30.6 Å². The van der Waals surface area contributed by atoms with Crippen LogP contribution in [-0.2, 0) is 6.54 Å². The lowest BCUT2D eigenvalue weighted by atomic mass is 10.2. The van der Waals surface area contributed by atoms with Gasteiger partial charge in [-0.15, -0.1) is 0 Å². The number of halogens is 1. The second-order valence-electron chi connectivity index (χ2n) is 5.67. The summed E-state index contributed by atoms with van der Waals surface area (Å²) < 4.78 is 1.95. The number of nitrogens with zero attached hydrogens (tertiary/aromatic N) is 4. The minimum absolute atomic E-state index is 0.0159. The first-order chi connectivity index (χ1) is 12.1. The van der Waals surface area contributed by atoms with E-state index in [1.807, 2.05) is 42.7 Å². The van der Waals surface area contributed by atoms with Crippen molar-refractivity contribution in [2.75, 3.05) is 17.2 Å². The van der Waals surface area contributed by atoms with E-state index in [1.165, 1.54) is 0 Å². The summed E-state index contributed by atoms with van der Waals surface area (Å²) in [5.74, 6) is 1.04. The first kappa shape index (κ1) is 17.4. The number of aliphatic hydroxyl groups excluding tert-OH is 1. The number of rotatable bonds is 7. The van der Waals surface area contributed by atoms with Crippen LogP contribution in [0.2, 0.25) is 5.02 Å². The van der Waals surface area contributed by atoms with E-state index in [4.69, 9.17) is 11.6 Å². The number of imidazole rings is 1. The van der Waals surface area contributed by atoms with Crippen LogP contribution in [0.4, 0.5) is 17.5 Å². The van der Waals surface area contributed by atoms with E-state index in [0.29, 0.717) is 22.3 Å². The van der Waals surface area contributed by atoms with Gasteiger partial charge in [0.15, 0.2) is 17.0 Å². The van der Waals surface area contributed by atoms with Gasteiger partial charge in [0, 0.05) is 17.3 Å². The summed E-state index contributed by atoms with van der Waals surface area (Å²) in [6.07, 6.45) is 2.51. The van der Waals surface area contributed by atoms with Crippen LogP contribution >= 0.6 is 11.6 Å². The number of nitrogens with one attached hydrogen (secondary N) is 2. The third-order valence-corrected chi connectivity index (χ3v) is 4.17. The quantitative estimate of drug-likeness (QED) is 0.598. The smallest absolute Gasteiger partial charge is 0.227 e. The molecule has 0 amide bonds. The molecule has 0 fully saturated rings. The van der Waals surface area contributed by atoms with Gasteiger partial charge in [0.25, 0.3) is 0 Å². The van der Waals surface area contributed by atoms with Crippen molar-refractivity contribution in [2.45, 2.75) is 32.9 Å². The minimum atomic E-state index is -0.102. The van der Waals surface area contributed by atoms with Gasteiger partial charge in [-0.05, 0) is 31.5 Å². The predicted molar refractivity (Wildman–Crippen MR) is 101 cm³/mol. The molecule has 0 aliphatic carbocycles. The van der Waals surface area contributed by atoms with Crippen molar-refractivity contribution in [3.63, 3.8) is 0 Å². The second-order valence-corrected chi connectivity index (χ2v) is 6.10. The van der Waals surface area contributed by atoms with Crippen LogP contribution in [0.5, 0.6) is 0 Å². The van der Waals surface area contributed by atoms with E-state index >= 15 is 0 Å². The maximum Gasteiger partial charge on any atom is 0.227 e. The van der Waals surface area contributed by atoms with E-state index in [2.05, 4.69) is 25.6 Å². The van der Waals surface area contributed by atoms with Crippen LogP contribution in [0, 0.1) is 0 Å². The largest absolute Gasteiger partial charge is 0.394 e. The number of benzene rings is 1. The van der Waals surface area contributed by atoms with Gasteiger partial charge in [-0.1, -0.05) is 24.6 Å². The van der Waals surface area contributed by atoms with Gasteiger partial charge in [0.2, 0.25) is 5.95 Å². The molecule has 2 heterocycles. The maximum absolute atomic E-state index is 9.43. The number of hydrogen-bond acceptors (Lipinski definition) is 6. The van der Waals surface area contributed by atoms with E-state index in [1.54, 1.807) is 6.33 Å². The van der Waals surface area contributed by atoms with E-state index < -0.39 is 0 Å². The maximum atomic E-state index is 9.43. The predicted octanol–water partition coefficient (Wildman–Crippen LogP) is 3.43. The van der Waals surface area contributed by atoms with Crippen molar-refractivity contribution in [1.82, 2.24) is 19.5 Å². The summed E-state index contributed by atoms with van der Waals surface area (Å²) in [5.41, 5.74) is 2.24. The normalized spacial score (nSPS) is 12.3. The summed E-state index contributed by atoms with van der Waals surface area (Å²) in [4.78, 5) is 13.5. The lowest BCUT2D eigenvalue weighted by Crippen LogP contribution is -2.24. The van der Waals surface area contributed by atoms with Gasteiger partial charge >= 0.3 is 0 Å². The molecule has 0 radical (unpaired) electrons. The Labute approximate surface area is 151 Å². The zero-order valence-corrected chi connectivity index (χ0v) is 15.0. The van der Waals surface area contributed by atoms with Crippen molar-refractivity contribution in [2.24, 2.45) is 0 Å². The van der Waals surface area contributed by atoms with Gasteiger partial charge in [-0.25, -0.2) is 4.98 Å². The molecule has 0 aliphatic heterocycles. The van der Waals surface area contributed by atoms with Crippen LogP contribution in [-0.4, -0.2) is 37.3 Å². The van der Waals surface area contributed by atoms with Gasteiger partial charge in [0.05, 0.1) is 19.0 Å². The molecule has 0 saturated carbocycles. The molecule has 0 saturated heterocycles. The molecule has 0 unspecified atom stereocenters. The topological polar surface area (TPSA) is 87.9 Å². The van der Waals surface area contributed by atoms with Crippen LogP contribution in [0.25, 0.3) is 11.2 Å². The van der Waals surface area contributed by atoms with E-state index in [-0.39, 0.29) is 12.6 Å². The SMILES string of the molecule is CC[C@@H](CO)Nc1nc(Nc2cccc(Cl)c2)c2ncn(CC)c2n1. The van der Waals surface area contributed by atoms with E-state index in [9.17, 15) is 5.11 Å². The lowest BCUT2D eigenvalue weighted by Gasteiger charge is -2.15. The van der Waals surface area contributed by atoms with Crippen molar-refractivity contribution in [1.29, 1.82) is 0 Å². The van der Waals surface area contributed by atoms with Crippen molar-refractivity contribution >= 4 is 40.2 Å². The highest BCUT2D eigenvalue weighted by Gasteiger charge is 2.15. The average Bonchev–Trinajstić information content (AvgIpc) is 3.03. The zero-order valence-electron chi connectivity index (χ0n) is 14.2. The molecule has 0 aliphatic rings. The van der Waals surface area contributed by atoms with Gasteiger partial charge in [-0.3, -0.25) is 0 Å². The van der Waals surface area contributed by atoms with Gasteiger partial charge in [0.1, 0.15) is 0 Å². The highest BCUT2D eigenvalue weighted by atomic mass is 35.5. The minimum Gasteiger partial charge on any atom is -0.394 e. The van der Waals surface area contributed by atoms with E-state index in [0.717, 1.165) is 24.3 Å². The number of aromatic nitrogens is 4. The molecular weight excluding hydrogens is 340 g/mol. The summed E-state index contributed by atoms with van der Waals surface area (Å²) in [7, 11) is 0.